The van der Waals surface area contributed by atoms with Gasteiger partial charge >= 0.3 is 35.9 Å². The van der Waals surface area contributed by atoms with Gasteiger partial charge in [-0.1, -0.05) is 86.1 Å². The number of hydrogen-bond donors (Lipinski definition) is 3. The summed E-state index contributed by atoms with van der Waals surface area (Å²) in [5.41, 5.74) is 16.5. The van der Waals surface area contributed by atoms with E-state index < -0.39 is 79.2 Å². The lowest BCUT2D eigenvalue weighted by atomic mass is 9.98. The number of nitrogens with one attached hydrogen (secondary N) is 2. The highest BCUT2D eigenvalue weighted by atomic mass is 16.7. The molecule has 7 aromatic rings. The number of imidazole rings is 1. The number of ether oxygens (including phenoxy) is 8. The molecule has 2 amide bonds. The van der Waals surface area contributed by atoms with Crippen molar-refractivity contribution in [3.8, 4) is 16.9 Å². The predicted octanol–water partition coefficient (Wildman–Crippen LogP) is 8.98. The smallest absolute Gasteiger partial charge is 0.407 e. The van der Waals surface area contributed by atoms with Crippen LogP contribution in [0.2, 0.25) is 0 Å². The quantitative estimate of drug-likeness (QED) is 0.0306. The Morgan fingerprint density at radius 1 is 0.708 bits per heavy atom. The molecule has 2 aliphatic heterocycles. The van der Waals surface area contributed by atoms with Gasteiger partial charge in [0, 0.05) is 88.9 Å². The van der Waals surface area contributed by atoms with Gasteiger partial charge in [0.25, 0.3) is 0 Å². The predicted molar refractivity (Wildman–Crippen MR) is 327 cm³/mol. The van der Waals surface area contributed by atoms with Crippen LogP contribution in [0.15, 0.2) is 109 Å². The summed E-state index contributed by atoms with van der Waals surface area (Å²) in [5, 5.41) is 6.50. The number of fused-ring (bicyclic) bond motifs is 6. The first-order chi connectivity index (χ1) is 42.9. The molecule has 4 N–H and O–H groups in total. The normalized spacial score (nSPS) is 18.3. The van der Waals surface area contributed by atoms with Gasteiger partial charge in [0.15, 0.2) is 18.0 Å². The first-order valence-electron chi connectivity index (χ1n) is 30.0. The van der Waals surface area contributed by atoms with E-state index in [9.17, 15) is 33.6 Å². The molecule has 2 aromatic heterocycles. The lowest BCUT2D eigenvalue weighted by molar-refractivity contribution is -0.942. The minimum absolute atomic E-state index is 0.0532. The SMILES string of the molecule is CCCCc1nc2c(N)nc3cc(C(=O)OC)ccc3c2n1Cc1ccc(C[N+]2(Cc3ccc(O[C@H]4O[C@H](COC(C)=O)[C@@H](OC(C)=O)[C@H](OC(C)=O)[C@@H]4OC(C)=O)c(NC(=O)CCNC(=O)OCC4c5ccccc5-c5ccccc54)c3)CCCC2)cc1. The zero-order valence-corrected chi connectivity index (χ0v) is 50.7. The van der Waals surface area contributed by atoms with Crippen LogP contribution in [0.1, 0.15) is 117 Å². The zero-order chi connectivity index (χ0) is 62.9. The molecule has 0 unspecified atom stereocenters. The molecule has 2 saturated heterocycles. The Kier molecular flexibility index (Phi) is 19.5. The summed E-state index contributed by atoms with van der Waals surface area (Å²) < 4.78 is 48.7. The Morgan fingerprint density at radius 2 is 1.35 bits per heavy atom. The van der Waals surface area contributed by atoms with Crippen molar-refractivity contribution in [3.63, 3.8) is 0 Å². The number of esters is 5. The number of nitrogens with two attached hydrogens (primary N) is 1. The molecule has 22 nitrogen and oxygen atoms in total. The van der Waals surface area contributed by atoms with E-state index in [1.807, 2.05) is 48.5 Å². The van der Waals surface area contributed by atoms with Crippen LogP contribution < -0.4 is 21.1 Å². The number of pyridine rings is 1. The Labute approximate surface area is 514 Å². The largest absolute Gasteiger partial charge is 0.465 e. The monoisotopic (exact) mass is 1220 g/mol. The number of anilines is 2. The first-order valence-corrected chi connectivity index (χ1v) is 30.0. The molecule has 0 spiro atoms. The van der Waals surface area contributed by atoms with Gasteiger partial charge in [-0.3, -0.25) is 24.0 Å². The Hall–Kier alpha value is -9.41. The van der Waals surface area contributed by atoms with Crippen molar-refractivity contribution in [2.75, 3.05) is 51.0 Å². The maximum absolute atomic E-state index is 14.1. The van der Waals surface area contributed by atoms with E-state index in [2.05, 4.69) is 63.5 Å². The molecule has 5 aromatic carbocycles. The average molecular weight is 1220 g/mol. The highest BCUT2D eigenvalue weighted by Gasteiger charge is 2.53. The zero-order valence-electron chi connectivity index (χ0n) is 50.7. The van der Waals surface area contributed by atoms with Crippen molar-refractivity contribution in [2.45, 2.75) is 129 Å². The van der Waals surface area contributed by atoms with Crippen LogP contribution in [-0.4, -0.2) is 132 Å². The highest BCUT2D eigenvalue weighted by Crippen LogP contribution is 2.45. The number of benzene rings is 5. The molecule has 2 fully saturated rings. The van der Waals surface area contributed by atoms with Crippen LogP contribution in [-0.2, 0) is 83.2 Å². The fraction of sp³-hybridized carbons (Fsp3) is 0.388. The van der Waals surface area contributed by atoms with Crippen LogP contribution in [0.4, 0.5) is 16.3 Å². The third-order valence-corrected chi connectivity index (χ3v) is 16.3. The van der Waals surface area contributed by atoms with Crippen LogP contribution in [0.5, 0.6) is 5.75 Å². The number of nitrogens with zero attached hydrogens (tertiary/aromatic N) is 4. The fourth-order valence-corrected chi connectivity index (χ4v) is 12.4. The number of rotatable bonds is 23. The summed E-state index contributed by atoms with van der Waals surface area (Å²) in [6, 6.07) is 35.2. The number of carbonyl (C=O) groups excluding carboxylic acids is 7. The van der Waals surface area contributed by atoms with Gasteiger partial charge < -0.3 is 63.3 Å². The number of hydrogen-bond acceptors (Lipinski definition) is 18. The third kappa shape index (κ3) is 14.6. The van der Waals surface area contributed by atoms with Gasteiger partial charge in [-0.05, 0) is 70.6 Å². The molecular formula is C67H74N7O15+. The molecular weight excluding hydrogens is 1140 g/mol. The summed E-state index contributed by atoms with van der Waals surface area (Å²) in [6.07, 6.45) is -3.64. The molecule has 1 aliphatic carbocycles. The van der Waals surface area contributed by atoms with Crippen molar-refractivity contribution in [2.24, 2.45) is 0 Å². The lowest BCUT2D eigenvalue weighted by Gasteiger charge is -2.44. The Morgan fingerprint density at radius 3 is 2.01 bits per heavy atom. The summed E-state index contributed by atoms with van der Waals surface area (Å²) in [7, 11) is 1.34. The molecule has 4 heterocycles. The number of methoxy groups -OCH3 is 1. The number of unbranched alkanes of at least 4 members (excludes halogenated alkanes) is 1. The number of carbonyl (C=O) groups is 7. The van der Waals surface area contributed by atoms with E-state index in [1.54, 1.807) is 24.3 Å². The number of amides is 2. The lowest BCUT2D eigenvalue weighted by Crippen LogP contribution is -2.63. The van der Waals surface area contributed by atoms with Gasteiger partial charge in [-0.2, -0.15) is 0 Å². The number of alkyl carbamates (subject to hydrolysis) is 1. The van der Waals surface area contributed by atoms with Gasteiger partial charge in [0.2, 0.25) is 18.3 Å². The number of likely N-dealkylation sites (tertiary alicyclic amines) is 1. The second-order valence-corrected chi connectivity index (χ2v) is 22.8. The topological polar surface area (TPSA) is 274 Å². The van der Waals surface area contributed by atoms with E-state index in [-0.39, 0.29) is 42.7 Å². The molecule has 22 heteroatoms. The van der Waals surface area contributed by atoms with Gasteiger partial charge in [-0.25, -0.2) is 19.6 Å². The summed E-state index contributed by atoms with van der Waals surface area (Å²) >= 11 is 0. The Bertz CT molecular complexity index is 3760. The summed E-state index contributed by atoms with van der Waals surface area (Å²) in [4.78, 5) is 99.5. The van der Waals surface area contributed by atoms with Crippen molar-refractivity contribution in [1.29, 1.82) is 0 Å². The molecule has 5 atom stereocenters. The van der Waals surface area contributed by atoms with Crippen molar-refractivity contribution in [1.82, 2.24) is 19.9 Å². The molecule has 10 rings (SSSR count). The standard InChI is InChI=1S/C67H73N7O15/c1-7-8-19-57-72-59-60(51-26-25-46(65(80)82-6)33-53(51)71-64(59)68)73(57)34-43-20-22-44(23-21-43)35-74(30-13-14-31-74)36-45-24-27-55(88-66-63(87-42(5)78)62(86-41(4)77)61(85-40(3)76)56(89-66)38-83-39(2)75)54(32-45)70-58(79)28-29-69-67(81)84-37-52-49-17-11-9-15-47(49)48-16-10-12-18-50(48)52/h9-12,15-18,20-27,32-33,52,56,61-63,66H,7-8,13-14,19,28-31,34-38H2,1-6H3,(H3-,68,69,70,71,79,81)/p+1/t56-,61-,62+,63+,66+/m1/s1. The molecule has 89 heavy (non-hydrogen) atoms. The van der Waals surface area contributed by atoms with E-state index >= 15 is 0 Å². The minimum Gasteiger partial charge on any atom is -0.465 e. The summed E-state index contributed by atoms with van der Waals surface area (Å²) in [5.74, 6) is -3.01. The fourth-order valence-electron chi connectivity index (χ4n) is 12.4. The molecule has 0 bridgehead atoms. The minimum atomic E-state index is -1.60. The number of quaternary nitrogens is 1. The van der Waals surface area contributed by atoms with Crippen LogP contribution in [0.25, 0.3) is 33.1 Å². The van der Waals surface area contributed by atoms with Crippen molar-refractivity contribution in [3.05, 3.63) is 148 Å². The van der Waals surface area contributed by atoms with E-state index in [0.717, 1.165) is 122 Å². The second-order valence-electron chi connectivity index (χ2n) is 22.8. The summed E-state index contributed by atoms with van der Waals surface area (Å²) in [6.45, 7) is 9.72. The molecule has 0 radical (unpaired) electrons. The van der Waals surface area contributed by atoms with Gasteiger partial charge in [0.1, 0.15) is 49.5 Å². The van der Waals surface area contributed by atoms with Crippen molar-refractivity contribution >= 4 is 75.3 Å². The van der Waals surface area contributed by atoms with Crippen LogP contribution >= 0.6 is 0 Å². The maximum Gasteiger partial charge on any atom is 0.407 e. The van der Waals surface area contributed by atoms with Gasteiger partial charge in [0.05, 0.1) is 42.5 Å². The van der Waals surface area contributed by atoms with Crippen LogP contribution in [0.3, 0.4) is 0 Å². The van der Waals surface area contributed by atoms with E-state index in [1.165, 1.54) is 14.0 Å². The number of aromatic nitrogens is 3. The Balaban J connectivity index is 0.902. The molecule has 466 valence electrons. The number of aryl methyl sites for hydroxylation is 1. The van der Waals surface area contributed by atoms with Crippen molar-refractivity contribution < 1.29 is 75.9 Å². The average Bonchev–Trinajstić information content (AvgIpc) is 1.72. The van der Waals surface area contributed by atoms with Gasteiger partial charge in [-0.15, -0.1) is 0 Å². The molecule has 0 saturated carbocycles. The third-order valence-electron chi connectivity index (χ3n) is 16.3. The first kappa shape index (κ1) is 62.6. The number of nitrogen functional groups attached to an aromatic ring is 1. The maximum atomic E-state index is 14.1. The van der Waals surface area contributed by atoms with E-state index in [4.69, 9.17) is 48.6 Å². The highest BCUT2D eigenvalue weighted by molar-refractivity contribution is 6.08. The molecule has 3 aliphatic rings. The van der Waals surface area contributed by atoms with E-state index in [0.29, 0.717) is 40.7 Å². The second kappa shape index (κ2) is 27.7. The van der Waals surface area contributed by atoms with Crippen LogP contribution in [0, 0.1) is 0 Å².